The van der Waals surface area contributed by atoms with E-state index in [-0.39, 0.29) is 24.2 Å². The number of methoxy groups -OCH3 is 1. The molecule has 3 aromatic rings. The maximum absolute atomic E-state index is 12.7. The maximum atomic E-state index is 12.7. The molecule has 1 heterocycles. The van der Waals surface area contributed by atoms with Crippen molar-refractivity contribution < 1.29 is 19.4 Å². The predicted octanol–water partition coefficient (Wildman–Crippen LogP) is 3.12. The molecule has 10 heteroatoms. The van der Waals surface area contributed by atoms with Gasteiger partial charge in [-0.3, -0.25) is 9.59 Å². The molecule has 0 aliphatic heterocycles. The van der Waals surface area contributed by atoms with Crippen LogP contribution in [-0.2, 0) is 11.3 Å². The van der Waals surface area contributed by atoms with Gasteiger partial charge >= 0.3 is 0 Å². The van der Waals surface area contributed by atoms with E-state index >= 15 is 0 Å². The van der Waals surface area contributed by atoms with Crippen LogP contribution >= 0.6 is 11.8 Å². The van der Waals surface area contributed by atoms with Crippen LogP contribution in [0.4, 0.5) is 5.69 Å². The standard InChI is InChI=1S/C24H29N5O4S/c1-5-29-22(20(13-30)26-23(32)17-6-8-19(33-4)9-7-17)27-28-24(29)34-14-21(31)25-18-11-15(2)10-16(3)12-18/h6-12,20,30H,5,13-14H2,1-4H3,(H,25,31)(H,26,32)/t20-/m0/s1. The number of aliphatic hydroxyl groups is 1. The Balaban J connectivity index is 1.66. The number of thioether (sulfide) groups is 1. The van der Waals surface area contributed by atoms with Crippen LogP contribution in [0.1, 0.15) is 40.3 Å². The van der Waals surface area contributed by atoms with Crippen molar-refractivity contribution >= 4 is 29.3 Å². The van der Waals surface area contributed by atoms with Crippen molar-refractivity contribution in [2.24, 2.45) is 0 Å². The van der Waals surface area contributed by atoms with E-state index in [0.717, 1.165) is 16.8 Å². The highest BCUT2D eigenvalue weighted by Gasteiger charge is 2.23. The summed E-state index contributed by atoms with van der Waals surface area (Å²) in [6.07, 6.45) is 0. The van der Waals surface area contributed by atoms with Crippen LogP contribution in [0.2, 0.25) is 0 Å². The number of ether oxygens (including phenoxy) is 1. The molecule has 9 nitrogen and oxygen atoms in total. The number of hydrogen-bond donors (Lipinski definition) is 3. The monoisotopic (exact) mass is 483 g/mol. The SMILES string of the molecule is CCn1c(SCC(=O)Nc2cc(C)cc(C)c2)nnc1[C@H](CO)NC(=O)c1ccc(OC)cc1. The zero-order valence-corrected chi connectivity index (χ0v) is 20.5. The number of aliphatic hydroxyl groups excluding tert-OH is 1. The Bertz CT molecular complexity index is 1130. The number of amides is 2. The van der Waals surface area contributed by atoms with Crippen molar-refractivity contribution in [1.82, 2.24) is 20.1 Å². The van der Waals surface area contributed by atoms with E-state index in [0.29, 0.717) is 28.8 Å². The van der Waals surface area contributed by atoms with Gasteiger partial charge in [0.05, 0.1) is 19.5 Å². The molecule has 1 atom stereocenters. The molecule has 0 saturated heterocycles. The molecule has 34 heavy (non-hydrogen) atoms. The first-order valence-electron chi connectivity index (χ1n) is 10.8. The number of aromatic nitrogens is 3. The number of aryl methyl sites for hydroxylation is 2. The maximum Gasteiger partial charge on any atom is 0.251 e. The van der Waals surface area contributed by atoms with Gasteiger partial charge in [-0.25, -0.2) is 0 Å². The van der Waals surface area contributed by atoms with E-state index in [9.17, 15) is 14.7 Å². The van der Waals surface area contributed by atoms with Crippen molar-refractivity contribution in [1.29, 1.82) is 0 Å². The van der Waals surface area contributed by atoms with Crippen molar-refractivity contribution in [2.75, 3.05) is 24.8 Å². The van der Waals surface area contributed by atoms with E-state index in [1.54, 1.807) is 35.9 Å². The van der Waals surface area contributed by atoms with Gasteiger partial charge in [-0.1, -0.05) is 17.8 Å². The van der Waals surface area contributed by atoms with E-state index < -0.39 is 6.04 Å². The molecule has 0 bridgehead atoms. The lowest BCUT2D eigenvalue weighted by molar-refractivity contribution is -0.113. The Morgan fingerprint density at radius 1 is 1.12 bits per heavy atom. The number of anilines is 1. The molecule has 0 spiro atoms. The van der Waals surface area contributed by atoms with Gasteiger partial charge in [0.2, 0.25) is 5.91 Å². The fourth-order valence-electron chi connectivity index (χ4n) is 3.51. The van der Waals surface area contributed by atoms with Gasteiger partial charge in [0.15, 0.2) is 11.0 Å². The molecule has 2 amide bonds. The van der Waals surface area contributed by atoms with Crippen LogP contribution in [0.15, 0.2) is 47.6 Å². The van der Waals surface area contributed by atoms with Crippen LogP contribution in [0, 0.1) is 13.8 Å². The normalized spacial score (nSPS) is 11.7. The zero-order chi connectivity index (χ0) is 24.7. The van der Waals surface area contributed by atoms with Crippen LogP contribution in [0.3, 0.4) is 0 Å². The highest BCUT2D eigenvalue weighted by Crippen LogP contribution is 2.22. The Hall–Kier alpha value is -3.37. The van der Waals surface area contributed by atoms with E-state index in [1.807, 2.05) is 39.0 Å². The number of benzene rings is 2. The lowest BCUT2D eigenvalue weighted by atomic mass is 10.1. The van der Waals surface area contributed by atoms with Crippen molar-refractivity contribution in [3.8, 4) is 5.75 Å². The second-order valence-corrected chi connectivity index (χ2v) is 8.68. The second-order valence-electron chi connectivity index (χ2n) is 7.74. The molecule has 0 saturated carbocycles. The molecule has 0 aliphatic carbocycles. The molecule has 3 N–H and O–H groups in total. The lowest BCUT2D eigenvalue weighted by Crippen LogP contribution is -2.32. The van der Waals surface area contributed by atoms with Crippen molar-refractivity contribution in [3.05, 3.63) is 65.0 Å². The number of nitrogens with zero attached hydrogens (tertiary/aromatic N) is 3. The Morgan fingerprint density at radius 3 is 2.38 bits per heavy atom. The van der Waals surface area contributed by atoms with Crippen LogP contribution in [0.25, 0.3) is 0 Å². The summed E-state index contributed by atoms with van der Waals surface area (Å²) in [5, 5.41) is 24.5. The number of nitrogens with one attached hydrogen (secondary N) is 2. The molecule has 180 valence electrons. The Kier molecular flexibility index (Phi) is 8.67. The zero-order valence-electron chi connectivity index (χ0n) is 19.7. The molecule has 0 unspecified atom stereocenters. The molecule has 2 aromatic carbocycles. The summed E-state index contributed by atoms with van der Waals surface area (Å²) in [6, 6.07) is 11.8. The largest absolute Gasteiger partial charge is 0.497 e. The quantitative estimate of drug-likeness (QED) is 0.379. The fourth-order valence-corrected chi connectivity index (χ4v) is 4.32. The summed E-state index contributed by atoms with van der Waals surface area (Å²) >= 11 is 1.24. The first kappa shape index (κ1) is 25.3. The Labute approximate surface area is 202 Å². The average molecular weight is 484 g/mol. The van der Waals surface area contributed by atoms with Gasteiger partial charge < -0.3 is 25.0 Å². The third-order valence-corrected chi connectivity index (χ3v) is 6.02. The van der Waals surface area contributed by atoms with Gasteiger partial charge in [-0.2, -0.15) is 0 Å². The molecule has 3 rings (SSSR count). The molecule has 0 aliphatic rings. The smallest absolute Gasteiger partial charge is 0.251 e. The number of hydrogen-bond acceptors (Lipinski definition) is 7. The van der Waals surface area contributed by atoms with Crippen LogP contribution in [0.5, 0.6) is 5.75 Å². The minimum atomic E-state index is -0.750. The predicted molar refractivity (Wildman–Crippen MR) is 131 cm³/mol. The summed E-state index contributed by atoms with van der Waals surface area (Å²) < 4.78 is 6.89. The van der Waals surface area contributed by atoms with Crippen molar-refractivity contribution in [3.63, 3.8) is 0 Å². The lowest BCUT2D eigenvalue weighted by Gasteiger charge is -2.17. The third-order valence-electron chi connectivity index (χ3n) is 5.05. The summed E-state index contributed by atoms with van der Waals surface area (Å²) in [6.45, 7) is 6.03. The average Bonchev–Trinajstić information content (AvgIpc) is 3.23. The second kappa shape index (κ2) is 11.7. The molecule has 0 fully saturated rings. The van der Waals surface area contributed by atoms with E-state index in [1.165, 1.54) is 11.8 Å². The Morgan fingerprint density at radius 2 is 1.79 bits per heavy atom. The highest BCUT2D eigenvalue weighted by atomic mass is 32.2. The summed E-state index contributed by atoms with van der Waals surface area (Å²) in [4.78, 5) is 25.1. The van der Waals surface area contributed by atoms with Crippen molar-refractivity contribution in [2.45, 2.75) is 38.5 Å². The number of carbonyl (C=O) groups is 2. The number of carbonyl (C=O) groups excluding carboxylic acids is 2. The first-order chi connectivity index (χ1) is 16.3. The van der Waals surface area contributed by atoms with Crippen LogP contribution in [-0.4, -0.2) is 51.2 Å². The van der Waals surface area contributed by atoms with Crippen LogP contribution < -0.4 is 15.4 Å². The fraction of sp³-hybridized carbons (Fsp3) is 0.333. The van der Waals surface area contributed by atoms with E-state index in [4.69, 9.17) is 4.74 Å². The number of rotatable bonds is 10. The summed E-state index contributed by atoms with van der Waals surface area (Å²) in [7, 11) is 1.55. The van der Waals surface area contributed by atoms with Gasteiger partial charge in [-0.05, 0) is 68.3 Å². The molecule has 1 aromatic heterocycles. The van der Waals surface area contributed by atoms with Gasteiger partial charge in [-0.15, -0.1) is 10.2 Å². The van der Waals surface area contributed by atoms with Gasteiger partial charge in [0.1, 0.15) is 11.8 Å². The topological polar surface area (TPSA) is 118 Å². The van der Waals surface area contributed by atoms with Gasteiger partial charge in [0, 0.05) is 17.8 Å². The molecular weight excluding hydrogens is 454 g/mol. The van der Waals surface area contributed by atoms with Gasteiger partial charge in [0.25, 0.3) is 5.91 Å². The third kappa shape index (κ3) is 6.36. The highest BCUT2D eigenvalue weighted by molar-refractivity contribution is 7.99. The first-order valence-corrected chi connectivity index (χ1v) is 11.8. The minimum absolute atomic E-state index is 0.146. The molecular formula is C24H29N5O4S. The van der Waals surface area contributed by atoms with E-state index in [2.05, 4.69) is 20.8 Å². The minimum Gasteiger partial charge on any atom is -0.497 e. The molecule has 0 radical (unpaired) electrons. The summed E-state index contributed by atoms with van der Waals surface area (Å²) in [5.41, 5.74) is 3.33. The summed E-state index contributed by atoms with van der Waals surface area (Å²) in [5.74, 6) is 0.698.